The van der Waals surface area contributed by atoms with Crippen molar-refractivity contribution in [1.82, 2.24) is 24.9 Å². The Bertz CT molecular complexity index is 1260. The fourth-order valence-corrected chi connectivity index (χ4v) is 3.46. The minimum Gasteiger partial charge on any atom is -0.351 e. The number of nitrogens with one attached hydrogen (secondary N) is 1. The second-order valence-electron chi connectivity index (χ2n) is 7.36. The number of nitrogens with two attached hydrogens (primary N) is 1. The van der Waals surface area contributed by atoms with Crippen molar-refractivity contribution in [2.75, 3.05) is 32.1 Å². The fourth-order valence-electron chi connectivity index (χ4n) is 3.46. The average molecular weight is 405 g/mol. The van der Waals surface area contributed by atoms with E-state index in [-0.39, 0.29) is 11.1 Å². The number of aromatic nitrogens is 4. The standard InChI is InChI=1S/C21H23N7O2/c1-26(2)12-5-13-27(21(22)30)14-8-10-15(11-9-14)28-20(29)19-18(25-28)16-6-3-4-7-17(16)23-24-19/h3-4,6-11,25H,5,12-13H2,1-2H3,(H2,22,30). The van der Waals surface area contributed by atoms with Crippen LogP contribution in [0.5, 0.6) is 0 Å². The monoisotopic (exact) mass is 405 g/mol. The number of nitrogens with zero attached hydrogens (tertiary/aromatic N) is 5. The zero-order valence-electron chi connectivity index (χ0n) is 16.9. The topological polar surface area (TPSA) is 113 Å². The van der Waals surface area contributed by atoms with Gasteiger partial charge in [-0.1, -0.05) is 18.2 Å². The molecule has 154 valence electrons. The highest BCUT2D eigenvalue weighted by atomic mass is 16.2. The Labute approximate surface area is 172 Å². The van der Waals surface area contributed by atoms with Gasteiger partial charge in [-0.2, -0.15) is 0 Å². The molecule has 4 rings (SSSR count). The normalized spacial score (nSPS) is 11.4. The highest BCUT2D eigenvalue weighted by molar-refractivity contribution is 6.00. The minimum absolute atomic E-state index is 0.278. The van der Waals surface area contributed by atoms with Crippen molar-refractivity contribution in [2.24, 2.45) is 5.73 Å². The second kappa shape index (κ2) is 7.96. The summed E-state index contributed by atoms with van der Waals surface area (Å²) in [6, 6.07) is 14.1. The SMILES string of the molecule is CN(C)CCCN(C(N)=O)c1ccc(-n2[nH]c3c(nnc4ccccc43)c2=O)cc1. The predicted molar refractivity (Wildman–Crippen MR) is 117 cm³/mol. The minimum atomic E-state index is -0.508. The third kappa shape index (κ3) is 3.62. The Balaban J connectivity index is 1.67. The van der Waals surface area contributed by atoms with Gasteiger partial charge in [0.05, 0.1) is 16.7 Å². The Kier molecular flexibility index (Phi) is 5.20. The van der Waals surface area contributed by atoms with Crippen LogP contribution >= 0.6 is 0 Å². The van der Waals surface area contributed by atoms with E-state index in [0.717, 1.165) is 18.4 Å². The number of hydrogen-bond acceptors (Lipinski definition) is 5. The smallest absolute Gasteiger partial charge is 0.319 e. The summed E-state index contributed by atoms with van der Waals surface area (Å²) in [7, 11) is 3.96. The average Bonchev–Trinajstić information content (AvgIpc) is 3.08. The molecule has 0 bridgehead atoms. The molecule has 0 saturated carbocycles. The summed E-state index contributed by atoms with van der Waals surface area (Å²) in [5, 5.41) is 12.2. The van der Waals surface area contributed by atoms with Crippen LogP contribution in [0.1, 0.15) is 6.42 Å². The summed E-state index contributed by atoms with van der Waals surface area (Å²) in [5.74, 6) is 0. The molecule has 2 heterocycles. The Morgan fingerprint density at radius 1 is 1.07 bits per heavy atom. The molecule has 0 atom stereocenters. The van der Waals surface area contributed by atoms with E-state index in [1.807, 2.05) is 38.4 Å². The maximum Gasteiger partial charge on any atom is 0.319 e. The number of amides is 2. The number of urea groups is 1. The van der Waals surface area contributed by atoms with Crippen LogP contribution in [0.25, 0.3) is 27.6 Å². The molecule has 0 saturated heterocycles. The van der Waals surface area contributed by atoms with Crippen molar-refractivity contribution >= 4 is 33.7 Å². The molecule has 2 aromatic carbocycles. The zero-order valence-corrected chi connectivity index (χ0v) is 16.9. The lowest BCUT2D eigenvalue weighted by atomic mass is 10.2. The summed E-state index contributed by atoms with van der Waals surface area (Å²) in [5.41, 5.74) is 8.21. The number of primary amides is 1. The molecular weight excluding hydrogens is 382 g/mol. The van der Waals surface area contributed by atoms with Crippen molar-refractivity contribution in [3.63, 3.8) is 0 Å². The number of rotatable bonds is 6. The first-order valence-electron chi connectivity index (χ1n) is 9.64. The predicted octanol–water partition coefficient (Wildman–Crippen LogP) is 2.10. The fraction of sp³-hybridized carbons (Fsp3) is 0.238. The number of benzene rings is 2. The molecular formula is C21H23N7O2. The number of carbonyl (C=O) groups excluding carboxylic acids is 1. The summed E-state index contributed by atoms with van der Waals surface area (Å²) in [4.78, 5) is 28.3. The Hall–Kier alpha value is -3.72. The van der Waals surface area contributed by atoms with Crippen LogP contribution in [0.3, 0.4) is 0 Å². The van der Waals surface area contributed by atoms with Crippen LogP contribution in [0.4, 0.5) is 10.5 Å². The van der Waals surface area contributed by atoms with Crippen molar-refractivity contribution in [2.45, 2.75) is 6.42 Å². The molecule has 0 unspecified atom stereocenters. The molecule has 0 radical (unpaired) electrons. The van der Waals surface area contributed by atoms with Gasteiger partial charge in [-0.3, -0.25) is 14.8 Å². The van der Waals surface area contributed by atoms with Crippen molar-refractivity contribution in [3.8, 4) is 5.69 Å². The molecule has 2 aromatic heterocycles. The third-order valence-corrected chi connectivity index (χ3v) is 4.97. The highest BCUT2D eigenvalue weighted by Crippen LogP contribution is 2.21. The molecule has 0 aliphatic rings. The number of aromatic amines is 1. The van der Waals surface area contributed by atoms with Gasteiger partial charge in [0.15, 0.2) is 5.52 Å². The molecule has 2 amide bonds. The van der Waals surface area contributed by atoms with E-state index in [1.54, 1.807) is 24.3 Å². The Morgan fingerprint density at radius 3 is 2.50 bits per heavy atom. The van der Waals surface area contributed by atoms with Gasteiger partial charge >= 0.3 is 6.03 Å². The third-order valence-electron chi connectivity index (χ3n) is 4.97. The lowest BCUT2D eigenvalue weighted by Gasteiger charge is -2.21. The van der Waals surface area contributed by atoms with Crippen LogP contribution in [0, 0.1) is 0 Å². The molecule has 0 fully saturated rings. The lowest BCUT2D eigenvalue weighted by Crippen LogP contribution is -2.37. The molecule has 0 spiro atoms. The second-order valence-corrected chi connectivity index (χ2v) is 7.36. The Morgan fingerprint density at radius 2 is 1.80 bits per heavy atom. The van der Waals surface area contributed by atoms with Gasteiger partial charge < -0.3 is 10.6 Å². The van der Waals surface area contributed by atoms with E-state index in [9.17, 15) is 9.59 Å². The first-order valence-corrected chi connectivity index (χ1v) is 9.64. The molecule has 0 aliphatic carbocycles. The van der Waals surface area contributed by atoms with Gasteiger partial charge in [0.1, 0.15) is 0 Å². The van der Waals surface area contributed by atoms with Gasteiger partial charge in [-0.15, -0.1) is 10.2 Å². The first-order chi connectivity index (χ1) is 14.5. The van der Waals surface area contributed by atoms with E-state index in [4.69, 9.17) is 5.73 Å². The molecule has 3 N–H and O–H groups in total. The van der Waals surface area contributed by atoms with Gasteiger partial charge in [0.2, 0.25) is 0 Å². The van der Waals surface area contributed by atoms with Crippen LogP contribution < -0.4 is 16.2 Å². The van der Waals surface area contributed by atoms with E-state index < -0.39 is 6.03 Å². The number of anilines is 1. The first kappa shape index (κ1) is 19.6. The molecule has 30 heavy (non-hydrogen) atoms. The number of H-pyrrole nitrogens is 1. The van der Waals surface area contributed by atoms with E-state index in [2.05, 4.69) is 20.2 Å². The number of carbonyl (C=O) groups is 1. The van der Waals surface area contributed by atoms with Gasteiger partial charge in [-0.05, 0) is 57.4 Å². The highest BCUT2D eigenvalue weighted by Gasteiger charge is 2.15. The zero-order chi connectivity index (χ0) is 21.3. The summed E-state index contributed by atoms with van der Waals surface area (Å²) in [6.07, 6.45) is 0.797. The van der Waals surface area contributed by atoms with Crippen LogP contribution in [0.2, 0.25) is 0 Å². The molecule has 9 nitrogen and oxygen atoms in total. The lowest BCUT2D eigenvalue weighted by molar-refractivity contribution is 0.253. The quantitative estimate of drug-likeness (QED) is 0.510. The van der Waals surface area contributed by atoms with Crippen molar-refractivity contribution in [3.05, 3.63) is 58.9 Å². The maximum absolute atomic E-state index is 12.8. The molecule has 0 aliphatic heterocycles. The van der Waals surface area contributed by atoms with E-state index in [0.29, 0.717) is 29.0 Å². The molecule has 9 heteroatoms. The number of hydrogen-bond donors (Lipinski definition) is 2. The van der Waals surface area contributed by atoms with Crippen LogP contribution in [0.15, 0.2) is 53.3 Å². The number of fused-ring (bicyclic) bond motifs is 3. The van der Waals surface area contributed by atoms with Crippen molar-refractivity contribution < 1.29 is 4.79 Å². The van der Waals surface area contributed by atoms with Gasteiger partial charge in [0, 0.05) is 17.6 Å². The summed E-state index contributed by atoms with van der Waals surface area (Å²) < 4.78 is 1.43. The van der Waals surface area contributed by atoms with Gasteiger partial charge in [-0.25, -0.2) is 9.48 Å². The largest absolute Gasteiger partial charge is 0.351 e. The summed E-state index contributed by atoms with van der Waals surface area (Å²) in [6.45, 7) is 1.36. The van der Waals surface area contributed by atoms with Crippen LogP contribution in [-0.4, -0.2) is 58.1 Å². The maximum atomic E-state index is 12.8. The van der Waals surface area contributed by atoms with Crippen molar-refractivity contribution in [1.29, 1.82) is 0 Å². The summed E-state index contributed by atoms with van der Waals surface area (Å²) >= 11 is 0. The van der Waals surface area contributed by atoms with E-state index in [1.165, 1.54) is 9.58 Å². The van der Waals surface area contributed by atoms with Crippen LogP contribution in [-0.2, 0) is 0 Å². The van der Waals surface area contributed by atoms with Gasteiger partial charge in [0.25, 0.3) is 5.56 Å². The molecule has 4 aromatic rings. The van der Waals surface area contributed by atoms with E-state index >= 15 is 0 Å².